The van der Waals surface area contributed by atoms with E-state index in [2.05, 4.69) is 15.3 Å². The molecule has 2 aliphatic rings. The minimum atomic E-state index is -4.57. The summed E-state index contributed by atoms with van der Waals surface area (Å²) in [5.74, 6) is -0.469. The molecule has 0 unspecified atom stereocenters. The van der Waals surface area contributed by atoms with Crippen LogP contribution < -0.4 is 5.32 Å². The average molecular weight is 538 g/mol. The molecule has 0 saturated carbocycles. The molecule has 1 aromatic heterocycles. The summed E-state index contributed by atoms with van der Waals surface area (Å²) in [6.45, 7) is 2.94. The smallest absolute Gasteiger partial charge is 0.362 e. The first-order chi connectivity index (χ1) is 17.2. The maximum Gasteiger partial charge on any atom is 0.410 e. The highest BCUT2D eigenvalue weighted by Gasteiger charge is 2.48. The van der Waals surface area contributed by atoms with Crippen LogP contribution in [0.15, 0.2) is 54.6 Å². The van der Waals surface area contributed by atoms with Crippen LogP contribution in [0.3, 0.4) is 0 Å². The monoisotopic (exact) mass is 537 g/mol. The van der Waals surface area contributed by atoms with Gasteiger partial charge in [-0.05, 0) is 23.3 Å². The minimum absolute atomic E-state index is 0.00347. The van der Waals surface area contributed by atoms with Crippen LogP contribution in [0.5, 0.6) is 0 Å². The van der Waals surface area contributed by atoms with Crippen LogP contribution in [0.1, 0.15) is 40.1 Å². The molecule has 2 aromatic carbocycles. The Bertz CT molecular complexity index is 1220. The van der Waals surface area contributed by atoms with Crippen LogP contribution in [-0.4, -0.2) is 57.8 Å². The van der Waals surface area contributed by atoms with E-state index in [1.165, 1.54) is 5.56 Å². The average Bonchev–Trinajstić information content (AvgIpc) is 3.20. The lowest BCUT2D eigenvalue weighted by Crippen LogP contribution is -2.48. The van der Waals surface area contributed by atoms with Gasteiger partial charge in [0.1, 0.15) is 10.8 Å². The molecule has 3 aromatic rings. The minimum Gasteiger partial charge on any atom is -0.362 e. The van der Waals surface area contributed by atoms with Gasteiger partial charge in [0.25, 0.3) is 5.91 Å². The summed E-state index contributed by atoms with van der Waals surface area (Å²) in [5.41, 5.74) is 1.66. The number of carbonyl (C=O) groups excluding carboxylic acids is 1. The second-order valence-electron chi connectivity index (χ2n) is 9.05. The zero-order valence-corrected chi connectivity index (χ0v) is 20.7. The molecule has 11 heteroatoms. The maximum absolute atomic E-state index is 14.0. The maximum atomic E-state index is 14.0. The van der Waals surface area contributed by atoms with Crippen LogP contribution in [0.4, 0.5) is 19.0 Å². The van der Waals surface area contributed by atoms with Crippen molar-refractivity contribution in [3.63, 3.8) is 0 Å². The quantitative estimate of drug-likeness (QED) is 0.456. The molecular formula is C25H24Cl2F3N5O. The van der Waals surface area contributed by atoms with Crippen molar-refractivity contribution in [3.8, 4) is 0 Å². The first kappa shape index (κ1) is 24.9. The molecule has 36 heavy (non-hydrogen) atoms. The van der Waals surface area contributed by atoms with E-state index in [1.807, 2.05) is 30.3 Å². The van der Waals surface area contributed by atoms with Crippen LogP contribution in [0.2, 0.25) is 10.0 Å². The number of rotatable bonds is 4. The number of piperazine rings is 1. The highest BCUT2D eigenvalue weighted by atomic mass is 35.5. The Morgan fingerprint density at radius 1 is 1.00 bits per heavy atom. The number of carbonyl (C=O) groups is 1. The third-order valence-electron chi connectivity index (χ3n) is 6.68. The molecule has 190 valence electrons. The summed E-state index contributed by atoms with van der Waals surface area (Å²) in [6.07, 6.45) is -4.86. The van der Waals surface area contributed by atoms with Gasteiger partial charge in [0.2, 0.25) is 0 Å². The van der Waals surface area contributed by atoms with Gasteiger partial charge >= 0.3 is 6.18 Å². The van der Waals surface area contributed by atoms with Crippen LogP contribution >= 0.6 is 23.2 Å². The van der Waals surface area contributed by atoms with Crippen LogP contribution in [0.25, 0.3) is 0 Å². The van der Waals surface area contributed by atoms with Crippen molar-refractivity contribution in [2.24, 2.45) is 0 Å². The van der Waals surface area contributed by atoms with Gasteiger partial charge in [-0.3, -0.25) is 9.69 Å². The van der Waals surface area contributed by atoms with E-state index in [4.69, 9.17) is 23.2 Å². The van der Waals surface area contributed by atoms with E-state index in [1.54, 1.807) is 29.2 Å². The second kappa shape index (κ2) is 9.95. The number of hydrogen-bond donors (Lipinski definition) is 1. The standard InChI is InChI=1S/C25H24Cl2F3N5O/c26-18-8-6-17(7-9-18)19-14-20(25(28,29)30)35-23(31-19)21(27)22(32-35)24(36)34-12-10-33(11-13-34)15-16-4-2-1-3-5-16/h1-9,19-20,31H,10-15H2/t19-,20-/m1/s1. The summed E-state index contributed by atoms with van der Waals surface area (Å²) < 4.78 is 42.9. The zero-order valence-electron chi connectivity index (χ0n) is 19.2. The molecule has 6 nitrogen and oxygen atoms in total. The third kappa shape index (κ3) is 5.05. The number of nitrogens with zero attached hydrogens (tertiary/aromatic N) is 4. The summed E-state index contributed by atoms with van der Waals surface area (Å²) in [7, 11) is 0. The molecule has 2 atom stereocenters. The van der Waals surface area contributed by atoms with Gasteiger partial charge < -0.3 is 10.2 Å². The Kier molecular flexibility index (Phi) is 6.89. The molecule has 1 amide bonds. The number of nitrogens with one attached hydrogen (secondary N) is 1. The lowest BCUT2D eigenvalue weighted by molar-refractivity contribution is -0.173. The van der Waals surface area contributed by atoms with Gasteiger partial charge in [-0.25, -0.2) is 4.68 Å². The predicted molar refractivity (Wildman–Crippen MR) is 132 cm³/mol. The zero-order chi connectivity index (χ0) is 25.4. The number of alkyl halides is 3. The van der Waals surface area contributed by atoms with Crippen molar-refractivity contribution >= 4 is 34.9 Å². The fraction of sp³-hybridized carbons (Fsp3) is 0.360. The molecule has 1 saturated heterocycles. The number of benzene rings is 2. The van der Waals surface area contributed by atoms with Gasteiger partial charge in [-0.2, -0.15) is 18.3 Å². The lowest BCUT2D eigenvalue weighted by atomic mass is 9.97. The van der Waals surface area contributed by atoms with E-state index in [0.29, 0.717) is 36.8 Å². The Labute approximate surface area is 216 Å². The molecule has 1 fully saturated rings. The van der Waals surface area contributed by atoms with Gasteiger partial charge in [0.15, 0.2) is 11.7 Å². The number of hydrogen-bond acceptors (Lipinski definition) is 4. The van der Waals surface area contributed by atoms with Crippen molar-refractivity contribution in [1.29, 1.82) is 0 Å². The first-order valence-electron chi connectivity index (χ1n) is 11.6. The summed E-state index contributed by atoms with van der Waals surface area (Å²) >= 11 is 12.4. The van der Waals surface area contributed by atoms with Crippen molar-refractivity contribution < 1.29 is 18.0 Å². The van der Waals surface area contributed by atoms with E-state index in [9.17, 15) is 18.0 Å². The van der Waals surface area contributed by atoms with Gasteiger partial charge in [-0.1, -0.05) is 65.7 Å². The summed E-state index contributed by atoms with van der Waals surface area (Å²) in [4.78, 5) is 17.1. The topological polar surface area (TPSA) is 53.4 Å². The molecule has 0 spiro atoms. The fourth-order valence-electron chi connectivity index (χ4n) is 4.74. The fourth-order valence-corrected chi connectivity index (χ4v) is 5.13. The molecule has 3 heterocycles. The highest BCUT2D eigenvalue weighted by molar-refractivity contribution is 6.36. The number of halogens is 5. The highest BCUT2D eigenvalue weighted by Crippen LogP contribution is 2.46. The van der Waals surface area contributed by atoms with Gasteiger partial charge in [0.05, 0.1) is 6.04 Å². The van der Waals surface area contributed by atoms with E-state index >= 15 is 0 Å². The number of anilines is 1. The first-order valence-corrected chi connectivity index (χ1v) is 12.4. The summed E-state index contributed by atoms with van der Waals surface area (Å²) in [5, 5.41) is 7.53. The largest absolute Gasteiger partial charge is 0.410 e. The van der Waals surface area contributed by atoms with Gasteiger partial charge in [0, 0.05) is 44.2 Å². The Morgan fingerprint density at radius 2 is 1.67 bits per heavy atom. The Hall–Kier alpha value is -2.75. The van der Waals surface area contributed by atoms with E-state index in [0.717, 1.165) is 11.2 Å². The molecular weight excluding hydrogens is 514 g/mol. The molecule has 0 bridgehead atoms. The normalized spacial score (nSPS) is 20.6. The van der Waals surface area contributed by atoms with Crippen molar-refractivity contribution in [3.05, 3.63) is 81.5 Å². The predicted octanol–water partition coefficient (Wildman–Crippen LogP) is 5.81. The molecule has 1 N–H and O–H groups in total. The van der Waals surface area contributed by atoms with E-state index in [-0.39, 0.29) is 23.0 Å². The van der Waals surface area contributed by atoms with Crippen LogP contribution in [0, 0.1) is 0 Å². The summed E-state index contributed by atoms with van der Waals surface area (Å²) in [6, 6.07) is 14.0. The second-order valence-corrected chi connectivity index (χ2v) is 9.87. The SMILES string of the molecule is O=C(c1nn2c(c1Cl)N[C@@H](c1ccc(Cl)cc1)C[C@@H]2C(F)(F)F)N1CCN(Cc2ccccc2)CC1. The van der Waals surface area contributed by atoms with E-state index < -0.39 is 24.2 Å². The third-order valence-corrected chi connectivity index (χ3v) is 7.29. The van der Waals surface area contributed by atoms with Crippen LogP contribution in [-0.2, 0) is 6.54 Å². The number of aromatic nitrogens is 2. The lowest BCUT2D eigenvalue weighted by Gasteiger charge is -2.34. The molecule has 2 aliphatic heterocycles. The molecule has 0 aliphatic carbocycles. The Morgan fingerprint density at radius 3 is 2.31 bits per heavy atom. The number of amides is 1. The molecule has 5 rings (SSSR count). The molecule has 0 radical (unpaired) electrons. The van der Waals surface area contributed by atoms with Crippen molar-refractivity contribution in [1.82, 2.24) is 19.6 Å². The Balaban J connectivity index is 1.35. The number of fused-ring (bicyclic) bond motifs is 1. The van der Waals surface area contributed by atoms with Gasteiger partial charge in [-0.15, -0.1) is 0 Å². The van der Waals surface area contributed by atoms with Crippen molar-refractivity contribution in [2.45, 2.75) is 31.2 Å². The van der Waals surface area contributed by atoms with Crippen molar-refractivity contribution in [2.75, 3.05) is 31.5 Å².